The zero-order chi connectivity index (χ0) is 11.4. The molecule has 0 unspecified atom stereocenters. The standard InChI is InChI=1S/C15H28/c1-4-7-9-10-11-12-14-15(6-3)13-8-5-2/h3-5,7-14H2,1-2H3. The summed E-state index contributed by atoms with van der Waals surface area (Å²) >= 11 is 0. The van der Waals surface area contributed by atoms with Gasteiger partial charge in [0.05, 0.1) is 0 Å². The largest absolute Gasteiger partial charge is 0.130 e. The van der Waals surface area contributed by atoms with E-state index >= 15 is 0 Å². The van der Waals surface area contributed by atoms with Gasteiger partial charge in [0.1, 0.15) is 0 Å². The lowest BCUT2D eigenvalue weighted by molar-refractivity contribution is 0.599. The van der Waals surface area contributed by atoms with Gasteiger partial charge in [-0.3, -0.25) is 0 Å². The number of allylic oxidation sites excluding steroid dienone is 1. The smallest absolute Gasteiger partial charge is 0.0244 e. The lowest BCUT2D eigenvalue weighted by Crippen LogP contribution is -1.85. The monoisotopic (exact) mass is 208 g/mol. The van der Waals surface area contributed by atoms with E-state index in [1.807, 2.05) is 0 Å². The molecule has 0 saturated carbocycles. The quantitative estimate of drug-likeness (QED) is 0.322. The molecule has 0 aliphatic carbocycles. The van der Waals surface area contributed by atoms with Crippen molar-refractivity contribution in [3.63, 3.8) is 0 Å². The summed E-state index contributed by atoms with van der Waals surface area (Å²) in [6, 6.07) is 0. The van der Waals surface area contributed by atoms with E-state index in [4.69, 9.17) is 0 Å². The second-order valence-corrected chi connectivity index (χ2v) is 4.40. The molecule has 0 saturated heterocycles. The minimum absolute atomic E-state index is 1.22. The van der Waals surface area contributed by atoms with E-state index in [1.165, 1.54) is 69.8 Å². The van der Waals surface area contributed by atoms with Crippen molar-refractivity contribution in [2.45, 2.75) is 78.1 Å². The topological polar surface area (TPSA) is 0 Å². The van der Waals surface area contributed by atoms with Crippen molar-refractivity contribution in [3.8, 4) is 0 Å². The first-order valence-corrected chi connectivity index (χ1v) is 6.72. The predicted molar refractivity (Wildman–Crippen MR) is 70.2 cm³/mol. The molecule has 0 rings (SSSR count). The van der Waals surface area contributed by atoms with E-state index in [1.54, 1.807) is 0 Å². The van der Waals surface area contributed by atoms with E-state index in [9.17, 15) is 0 Å². The molecule has 0 aromatic heterocycles. The van der Waals surface area contributed by atoms with Gasteiger partial charge in [0.15, 0.2) is 0 Å². The molecule has 0 atom stereocenters. The molecule has 0 spiro atoms. The van der Waals surface area contributed by atoms with Crippen LogP contribution in [0.3, 0.4) is 0 Å². The summed E-state index contributed by atoms with van der Waals surface area (Å²) in [5.74, 6) is 0. The van der Waals surface area contributed by atoms with Crippen molar-refractivity contribution >= 4 is 0 Å². The Bertz CT molecular complexity index is 172. The van der Waals surface area contributed by atoms with Crippen LogP contribution in [0.4, 0.5) is 0 Å². The van der Waals surface area contributed by atoms with Crippen LogP contribution in [0.1, 0.15) is 78.1 Å². The van der Waals surface area contributed by atoms with Gasteiger partial charge in [0.25, 0.3) is 0 Å². The maximum atomic E-state index is 3.78. The van der Waals surface area contributed by atoms with Crippen molar-refractivity contribution in [2.24, 2.45) is 0 Å². The molecular formula is C15H28. The highest BCUT2D eigenvalue weighted by Crippen LogP contribution is 2.15. The fourth-order valence-electron chi connectivity index (χ4n) is 1.81. The summed E-state index contributed by atoms with van der Waals surface area (Å²) in [7, 11) is 0. The average Bonchev–Trinajstić information content (AvgIpc) is 2.27. The summed E-state index contributed by atoms with van der Waals surface area (Å²) in [4.78, 5) is 0. The average molecular weight is 208 g/mol. The number of unbranched alkanes of at least 4 members (excludes halogenated alkanes) is 6. The summed E-state index contributed by atoms with van der Waals surface area (Å²) in [6.45, 7) is 8.29. The Morgan fingerprint density at radius 1 is 0.800 bits per heavy atom. The van der Waals surface area contributed by atoms with E-state index in [0.717, 1.165) is 0 Å². The fourth-order valence-corrected chi connectivity index (χ4v) is 1.81. The van der Waals surface area contributed by atoms with Gasteiger partial charge in [-0.1, -0.05) is 59.0 Å². The molecule has 0 amide bonds. The summed E-state index contributed by atoms with van der Waals surface area (Å²) in [5.41, 5.74) is 4.56. The molecule has 0 aromatic rings. The van der Waals surface area contributed by atoms with Gasteiger partial charge in [0.2, 0.25) is 0 Å². The van der Waals surface area contributed by atoms with E-state index < -0.39 is 0 Å². The van der Waals surface area contributed by atoms with Crippen LogP contribution in [0.2, 0.25) is 0 Å². The third-order valence-corrected chi connectivity index (χ3v) is 2.91. The number of hydrogen-bond donors (Lipinski definition) is 0. The van der Waals surface area contributed by atoms with Crippen molar-refractivity contribution in [1.82, 2.24) is 0 Å². The van der Waals surface area contributed by atoms with Crippen LogP contribution >= 0.6 is 0 Å². The molecule has 0 nitrogen and oxygen atoms in total. The summed E-state index contributed by atoms with van der Waals surface area (Å²) in [5, 5.41) is 0. The van der Waals surface area contributed by atoms with Crippen LogP contribution in [0.5, 0.6) is 0 Å². The zero-order valence-electron chi connectivity index (χ0n) is 10.8. The Kier molecular flexibility index (Phi) is 11.2. The maximum absolute atomic E-state index is 3.78. The van der Waals surface area contributed by atoms with Crippen molar-refractivity contribution < 1.29 is 0 Å². The Balaban J connectivity index is 3.35. The number of rotatable bonds is 10. The van der Waals surface area contributed by atoms with Crippen LogP contribution in [-0.4, -0.2) is 0 Å². The maximum Gasteiger partial charge on any atom is -0.0244 e. The Hall–Kier alpha value is -0.480. The van der Waals surface area contributed by atoms with Gasteiger partial charge in [-0.2, -0.15) is 0 Å². The van der Waals surface area contributed by atoms with Crippen LogP contribution in [0.15, 0.2) is 17.9 Å². The SMILES string of the molecule is C=C=C(CCCC)CCCCCCCC. The highest BCUT2D eigenvalue weighted by molar-refractivity contribution is 4.98. The lowest BCUT2D eigenvalue weighted by atomic mass is 10.0. The Morgan fingerprint density at radius 3 is 1.93 bits per heavy atom. The van der Waals surface area contributed by atoms with Crippen LogP contribution in [0.25, 0.3) is 0 Å². The highest BCUT2D eigenvalue weighted by Gasteiger charge is 1.96. The molecule has 0 heteroatoms. The Morgan fingerprint density at radius 2 is 1.33 bits per heavy atom. The van der Waals surface area contributed by atoms with Crippen LogP contribution < -0.4 is 0 Å². The zero-order valence-corrected chi connectivity index (χ0v) is 10.8. The van der Waals surface area contributed by atoms with Crippen molar-refractivity contribution in [2.75, 3.05) is 0 Å². The lowest BCUT2D eigenvalue weighted by Gasteiger charge is -2.04. The van der Waals surface area contributed by atoms with Gasteiger partial charge in [-0.25, -0.2) is 0 Å². The molecule has 0 heterocycles. The van der Waals surface area contributed by atoms with Crippen LogP contribution in [0, 0.1) is 0 Å². The number of hydrogen-bond acceptors (Lipinski definition) is 0. The predicted octanol–water partition coefficient (Wildman–Crippen LogP) is 5.64. The normalized spacial score (nSPS) is 10.0. The van der Waals surface area contributed by atoms with Gasteiger partial charge < -0.3 is 0 Å². The summed E-state index contributed by atoms with van der Waals surface area (Å²) in [6.07, 6.45) is 13.3. The second kappa shape index (κ2) is 11.6. The van der Waals surface area contributed by atoms with E-state index in [-0.39, 0.29) is 0 Å². The van der Waals surface area contributed by atoms with E-state index in [0.29, 0.717) is 0 Å². The molecule has 15 heavy (non-hydrogen) atoms. The molecule has 0 radical (unpaired) electrons. The third-order valence-electron chi connectivity index (χ3n) is 2.91. The first kappa shape index (κ1) is 14.5. The minimum atomic E-state index is 1.22. The molecule has 88 valence electrons. The molecule has 0 N–H and O–H groups in total. The van der Waals surface area contributed by atoms with Crippen molar-refractivity contribution in [3.05, 3.63) is 17.9 Å². The van der Waals surface area contributed by atoms with Gasteiger partial charge >= 0.3 is 0 Å². The second-order valence-electron chi connectivity index (χ2n) is 4.40. The van der Waals surface area contributed by atoms with Gasteiger partial charge in [0, 0.05) is 0 Å². The minimum Gasteiger partial charge on any atom is -0.130 e. The fraction of sp³-hybridized carbons (Fsp3) is 0.800. The first-order chi connectivity index (χ1) is 7.35. The Labute approximate surface area is 96.5 Å². The van der Waals surface area contributed by atoms with Gasteiger partial charge in [-0.15, -0.1) is 5.73 Å². The highest BCUT2D eigenvalue weighted by atomic mass is 14.0. The van der Waals surface area contributed by atoms with Crippen LogP contribution in [-0.2, 0) is 0 Å². The molecular weight excluding hydrogens is 180 g/mol. The molecule has 0 aromatic carbocycles. The van der Waals surface area contributed by atoms with Gasteiger partial charge in [-0.05, 0) is 31.3 Å². The van der Waals surface area contributed by atoms with Crippen molar-refractivity contribution in [1.29, 1.82) is 0 Å². The molecule has 0 aliphatic heterocycles. The third kappa shape index (κ3) is 9.82. The molecule has 0 aliphatic rings. The van der Waals surface area contributed by atoms with E-state index in [2.05, 4.69) is 26.2 Å². The first-order valence-electron chi connectivity index (χ1n) is 6.72. The molecule has 0 fully saturated rings. The molecule has 0 bridgehead atoms. The summed E-state index contributed by atoms with van der Waals surface area (Å²) < 4.78 is 0.